The zero-order valence-corrected chi connectivity index (χ0v) is 18.3. The Morgan fingerprint density at radius 1 is 1.00 bits per heavy atom. The van der Waals surface area contributed by atoms with Gasteiger partial charge in [-0.1, -0.05) is 32.0 Å². The van der Waals surface area contributed by atoms with E-state index in [0.717, 1.165) is 22.2 Å². The molecule has 0 unspecified atom stereocenters. The number of benzene rings is 2. The normalized spacial score (nSPS) is 12.9. The van der Waals surface area contributed by atoms with Crippen LogP contribution in [0.15, 0.2) is 71.9 Å². The van der Waals surface area contributed by atoms with Crippen LogP contribution in [0.3, 0.4) is 0 Å². The summed E-state index contributed by atoms with van der Waals surface area (Å²) in [7, 11) is 0. The third-order valence-corrected chi connectivity index (χ3v) is 6.03. The van der Waals surface area contributed by atoms with Gasteiger partial charge in [0, 0.05) is 35.4 Å². The molecule has 1 aliphatic rings. The first-order chi connectivity index (χ1) is 15.0. The lowest BCUT2D eigenvalue weighted by Gasteiger charge is -2.28. The summed E-state index contributed by atoms with van der Waals surface area (Å²) in [6.07, 6.45) is 1.73. The maximum atomic E-state index is 12.9. The Balaban J connectivity index is 1.45. The molecule has 1 aromatic heterocycles. The molecule has 3 amide bonds. The van der Waals surface area contributed by atoms with Crippen LogP contribution in [-0.2, 0) is 0 Å². The molecule has 0 saturated carbocycles. The van der Waals surface area contributed by atoms with E-state index in [4.69, 9.17) is 0 Å². The highest BCUT2D eigenvalue weighted by atomic mass is 32.2. The largest absolute Gasteiger partial charge is 0.326 e. The number of thioether (sulfide) groups is 1. The van der Waals surface area contributed by atoms with Gasteiger partial charge in [0.15, 0.2) is 0 Å². The quantitative estimate of drug-likeness (QED) is 0.563. The van der Waals surface area contributed by atoms with Crippen molar-refractivity contribution < 1.29 is 9.59 Å². The number of amides is 3. The molecule has 0 bridgehead atoms. The molecule has 3 aromatic rings. The number of carbonyl (C=O) groups excluding carboxylic acids is 2. The van der Waals surface area contributed by atoms with Crippen molar-refractivity contribution in [2.45, 2.75) is 24.8 Å². The number of hydrogen-bond acceptors (Lipinski definition) is 4. The van der Waals surface area contributed by atoms with Gasteiger partial charge in [-0.05, 0) is 53.9 Å². The molecule has 2 N–H and O–H groups in total. The van der Waals surface area contributed by atoms with E-state index < -0.39 is 0 Å². The van der Waals surface area contributed by atoms with E-state index in [2.05, 4.69) is 29.5 Å². The zero-order chi connectivity index (χ0) is 21.8. The van der Waals surface area contributed by atoms with Crippen LogP contribution < -0.4 is 15.5 Å². The summed E-state index contributed by atoms with van der Waals surface area (Å²) in [6.45, 7) is 4.86. The molecule has 1 aliphatic heterocycles. The van der Waals surface area contributed by atoms with Crippen LogP contribution in [0.25, 0.3) is 0 Å². The van der Waals surface area contributed by atoms with E-state index in [-0.39, 0.29) is 11.9 Å². The Bertz CT molecular complexity index is 1100. The van der Waals surface area contributed by atoms with Crippen molar-refractivity contribution in [2.75, 3.05) is 27.8 Å². The van der Waals surface area contributed by atoms with E-state index in [1.54, 1.807) is 47.1 Å². The van der Waals surface area contributed by atoms with Crippen LogP contribution in [0.1, 0.15) is 35.7 Å². The summed E-state index contributed by atoms with van der Waals surface area (Å²) in [5, 5.41) is 6.66. The second kappa shape index (κ2) is 9.22. The van der Waals surface area contributed by atoms with Gasteiger partial charge in [0.05, 0.1) is 5.69 Å². The van der Waals surface area contributed by atoms with E-state index in [1.165, 1.54) is 5.56 Å². The highest BCUT2D eigenvalue weighted by Gasteiger charge is 2.23. The first kappa shape index (κ1) is 20.9. The number of aromatic nitrogens is 1. The lowest BCUT2D eigenvalue weighted by molar-refractivity contribution is 0.102. The number of urea groups is 1. The Morgan fingerprint density at radius 2 is 1.81 bits per heavy atom. The lowest BCUT2D eigenvalue weighted by Crippen LogP contribution is -2.38. The van der Waals surface area contributed by atoms with Crippen molar-refractivity contribution >= 4 is 40.8 Å². The van der Waals surface area contributed by atoms with Crippen molar-refractivity contribution in [2.24, 2.45) is 0 Å². The fraction of sp³-hybridized carbons (Fsp3) is 0.208. The molecular formula is C24H24N4O2S. The van der Waals surface area contributed by atoms with Gasteiger partial charge in [-0.25, -0.2) is 9.78 Å². The predicted octanol–water partition coefficient (Wildman–Crippen LogP) is 5.60. The fourth-order valence-corrected chi connectivity index (χ4v) is 4.28. The number of anilines is 3. The Kier molecular flexibility index (Phi) is 6.23. The van der Waals surface area contributed by atoms with Crippen LogP contribution in [-0.4, -0.2) is 29.2 Å². The van der Waals surface area contributed by atoms with E-state index >= 15 is 0 Å². The van der Waals surface area contributed by atoms with Crippen LogP contribution in [0, 0.1) is 0 Å². The van der Waals surface area contributed by atoms with Crippen molar-refractivity contribution in [3.63, 3.8) is 0 Å². The molecule has 7 heteroatoms. The molecule has 2 heterocycles. The number of rotatable bonds is 4. The third-order valence-electron chi connectivity index (χ3n) is 5.05. The SMILES string of the molecule is CC(C)c1ccc(NC(=O)c2cccc(NC(=O)N3CCSc4ncccc43)c2)cc1. The topological polar surface area (TPSA) is 74.3 Å². The van der Waals surface area contributed by atoms with E-state index in [1.807, 2.05) is 36.4 Å². The van der Waals surface area contributed by atoms with Gasteiger partial charge in [0.25, 0.3) is 5.91 Å². The maximum Gasteiger partial charge on any atom is 0.326 e. The number of pyridine rings is 1. The van der Waals surface area contributed by atoms with Gasteiger partial charge in [-0.3, -0.25) is 9.69 Å². The van der Waals surface area contributed by atoms with Crippen molar-refractivity contribution in [1.29, 1.82) is 0 Å². The Morgan fingerprint density at radius 3 is 2.58 bits per heavy atom. The van der Waals surface area contributed by atoms with Gasteiger partial charge < -0.3 is 10.6 Å². The molecule has 0 radical (unpaired) electrons. The number of nitrogens with one attached hydrogen (secondary N) is 2. The third kappa shape index (κ3) is 4.88. The molecule has 31 heavy (non-hydrogen) atoms. The molecule has 0 spiro atoms. The van der Waals surface area contributed by atoms with Gasteiger partial charge >= 0.3 is 6.03 Å². The molecule has 158 valence electrons. The standard InChI is InChI=1S/C24H24N4O2S/c1-16(2)17-8-10-19(11-9-17)26-22(29)18-5-3-6-20(15-18)27-24(30)28-13-14-31-23-21(28)7-4-12-25-23/h3-12,15-16H,13-14H2,1-2H3,(H,26,29)(H,27,30). The monoisotopic (exact) mass is 432 g/mol. The lowest BCUT2D eigenvalue weighted by atomic mass is 10.0. The minimum atomic E-state index is -0.239. The summed E-state index contributed by atoms with van der Waals surface area (Å²) in [6, 6.07) is 18.2. The van der Waals surface area contributed by atoms with Crippen molar-refractivity contribution in [3.05, 3.63) is 78.0 Å². The Labute approximate surface area is 186 Å². The van der Waals surface area contributed by atoms with Gasteiger partial charge in [-0.2, -0.15) is 0 Å². The average Bonchev–Trinajstić information content (AvgIpc) is 2.79. The molecule has 6 nitrogen and oxygen atoms in total. The molecular weight excluding hydrogens is 408 g/mol. The second-order valence-corrected chi connectivity index (χ2v) is 8.65. The van der Waals surface area contributed by atoms with E-state index in [9.17, 15) is 9.59 Å². The zero-order valence-electron chi connectivity index (χ0n) is 17.5. The highest BCUT2D eigenvalue weighted by Crippen LogP contribution is 2.32. The van der Waals surface area contributed by atoms with Gasteiger partial charge in [0.1, 0.15) is 5.03 Å². The smallest absolute Gasteiger partial charge is 0.322 e. The maximum absolute atomic E-state index is 12.9. The van der Waals surface area contributed by atoms with E-state index in [0.29, 0.717) is 23.7 Å². The summed E-state index contributed by atoms with van der Waals surface area (Å²) in [5.74, 6) is 0.999. The van der Waals surface area contributed by atoms with Crippen LogP contribution in [0.2, 0.25) is 0 Å². The van der Waals surface area contributed by atoms with Crippen LogP contribution in [0.5, 0.6) is 0 Å². The van der Waals surface area contributed by atoms with Gasteiger partial charge in [-0.15, -0.1) is 11.8 Å². The predicted molar refractivity (Wildman–Crippen MR) is 126 cm³/mol. The second-order valence-electron chi connectivity index (χ2n) is 7.57. The summed E-state index contributed by atoms with van der Waals surface area (Å²) in [4.78, 5) is 31.6. The molecule has 0 atom stereocenters. The minimum absolute atomic E-state index is 0.225. The first-order valence-corrected chi connectivity index (χ1v) is 11.2. The fourth-order valence-electron chi connectivity index (χ4n) is 3.35. The van der Waals surface area contributed by atoms with Crippen LogP contribution in [0.4, 0.5) is 21.9 Å². The average molecular weight is 433 g/mol. The van der Waals surface area contributed by atoms with Crippen LogP contribution >= 0.6 is 11.8 Å². The molecule has 0 aliphatic carbocycles. The Hall–Kier alpha value is -3.32. The number of fused-ring (bicyclic) bond motifs is 1. The number of carbonyl (C=O) groups is 2. The molecule has 2 aromatic carbocycles. The molecule has 0 fully saturated rings. The van der Waals surface area contributed by atoms with Crippen molar-refractivity contribution in [3.8, 4) is 0 Å². The summed E-state index contributed by atoms with van der Waals surface area (Å²) in [5.41, 5.74) is 3.79. The number of nitrogens with zero attached hydrogens (tertiary/aromatic N) is 2. The highest BCUT2D eigenvalue weighted by molar-refractivity contribution is 7.99. The molecule has 4 rings (SSSR count). The number of hydrogen-bond donors (Lipinski definition) is 2. The first-order valence-electron chi connectivity index (χ1n) is 10.2. The molecule has 0 saturated heterocycles. The summed E-state index contributed by atoms with van der Waals surface area (Å²) >= 11 is 1.64. The van der Waals surface area contributed by atoms with Crippen molar-refractivity contribution in [1.82, 2.24) is 4.98 Å². The minimum Gasteiger partial charge on any atom is -0.322 e. The van der Waals surface area contributed by atoms with Gasteiger partial charge in [0.2, 0.25) is 0 Å². The summed E-state index contributed by atoms with van der Waals surface area (Å²) < 4.78 is 0.